The van der Waals surface area contributed by atoms with Crippen LogP contribution in [0.5, 0.6) is 0 Å². The molecule has 0 radical (unpaired) electrons. The van der Waals surface area contributed by atoms with Crippen LogP contribution >= 0.6 is 12.2 Å². The molecular formula is C15H13FN2OS. The largest absolute Gasteiger partial charge is 0.451 e. The van der Waals surface area contributed by atoms with E-state index in [1.165, 1.54) is 6.07 Å². The molecule has 0 fully saturated rings. The summed E-state index contributed by atoms with van der Waals surface area (Å²) in [4.78, 5) is 7.46. The smallest absolute Gasteiger partial charge is 0.170 e. The first kappa shape index (κ1) is 13.0. The topological polar surface area (TPSA) is 41.8 Å². The Bertz CT molecular complexity index is 835. The van der Waals surface area contributed by atoms with Gasteiger partial charge in [0.25, 0.3) is 0 Å². The zero-order valence-corrected chi connectivity index (χ0v) is 11.9. The van der Waals surface area contributed by atoms with Crippen LogP contribution in [0.4, 0.5) is 4.39 Å². The van der Waals surface area contributed by atoms with Crippen molar-refractivity contribution in [3.05, 3.63) is 46.6 Å². The number of aromatic nitrogens is 2. The number of aromatic amines is 1. The van der Waals surface area contributed by atoms with Gasteiger partial charge < -0.3 is 9.40 Å². The molecule has 3 nitrogen and oxygen atoms in total. The van der Waals surface area contributed by atoms with Crippen LogP contribution in [0.15, 0.2) is 34.7 Å². The first-order valence-corrected chi connectivity index (χ1v) is 6.75. The Balaban J connectivity index is 2.20. The van der Waals surface area contributed by atoms with Gasteiger partial charge in [-0.3, -0.25) is 0 Å². The summed E-state index contributed by atoms with van der Waals surface area (Å²) < 4.78 is 19.7. The Hall–Kier alpha value is -2.01. The Morgan fingerprint density at radius 3 is 2.80 bits per heavy atom. The molecule has 2 heterocycles. The molecule has 0 bridgehead atoms. The molecule has 0 unspecified atom stereocenters. The number of hydrogen-bond donors (Lipinski definition) is 1. The molecule has 102 valence electrons. The second kappa shape index (κ2) is 4.83. The minimum absolute atomic E-state index is 0.220. The number of rotatable bonds is 2. The fourth-order valence-corrected chi connectivity index (χ4v) is 2.26. The number of para-hydroxylation sites is 1. The van der Waals surface area contributed by atoms with Crippen molar-refractivity contribution in [2.75, 3.05) is 0 Å². The number of nitrogens with one attached hydrogen (secondary N) is 1. The van der Waals surface area contributed by atoms with E-state index >= 15 is 0 Å². The van der Waals surface area contributed by atoms with Gasteiger partial charge in [-0.15, -0.1) is 0 Å². The number of hydrogen-bond acceptors (Lipinski definition) is 3. The summed E-state index contributed by atoms with van der Waals surface area (Å²) in [6.45, 7) is 4.05. The number of nitrogens with zero attached hydrogens (tertiary/aromatic N) is 1. The van der Waals surface area contributed by atoms with E-state index < -0.39 is 0 Å². The summed E-state index contributed by atoms with van der Waals surface area (Å²) in [5, 5.41) is 0.724. The number of furan rings is 1. The quantitative estimate of drug-likeness (QED) is 0.688. The molecule has 1 N–H and O–H groups in total. The lowest BCUT2D eigenvalue weighted by Crippen LogP contribution is -1.98. The number of benzene rings is 1. The maximum absolute atomic E-state index is 13.7. The van der Waals surface area contributed by atoms with Gasteiger partial charge >= 0.3 is 0 Å². The van der Waals surface area contributed by atoms with Crippen LogP contribution in [0.25, 0.3) is 22.4 Å². The normalized spacial score (nSPS) is 11.4. The SMILES string of the molecule is CC(C)c1nc(=S)cc(-c2cc3cccc(F)c3o2)[nH]1. The Morgan fingerprint density at radius 1 is 1.30 bits per heavy atom. The molecule has 0 aliphatic carbocycles. The lowest BCUT2D eigenvalue weighted by molar-refractivity contribution is 0.567. The first-order valence-electron chi connectivity index (χ1n) is 6.34. The van der Waals surface area contributed by atoms with Gasteiger partial charge in [0.15, 0.2) is 17.2 Å². The third-order valence-electron chi connectivity index (χ3n) is 3.07. The van der Waals surface area contributed by atoms with Gasteiger partial charge in [0, 0.05) is 17.4 Å². The van der Waals surface area contributed by atoms with Crippen LogP contribution in [-0.2, 0) is 0 Å². The van der Waals surface area contributed by atoms with Gasteiger partial charge in [-0.2, -0.15) is 0 Å². The molecule has 20 heavy (non-hydrogen) atoms. The monoisotopic (exact) mass is 288 g/mol. The van der Waals surface area contributed by atoms with Crippen molar-refractivity contribution < 1.29 is 8.81 Å². The van der Waals surface area contributed by atoms with E-state index in [1.54, 1.807) is 18.2 Å². The summed E-state index contributed by atoms with van der Waals surface area (Å²) in [5.74, 6) is 1.19. The summed E-state index contributed by atoms with van der Waals surface area (Å²) >= 11 is 5.17. The van der Waals surface area contributed by atoms with E-state index in [0.717, 1.165) is 11.2 Å². The standard InChI is InChI=1S/C15H13FN2OS/c1-8(2)15-17-11(7-13(20)18-15)12-6-9-4-3-5-10(16)14(9)19-12/h3-8H,1-2H3,(H,17,18,20). The average molecular weight is 288 g/mol. The van der Waals surface area contributed by atoms with Gasteiger partial charge in [0.1, 0.15) is 10.5 Å². The molecular weight excluding hydrogens is 275 g/mol. The van der Waals surface area contributed by atoms with Crippen molar-refractivity contribution in [1.29, 1.82) is 0 Å². The van der Waals surface area contributed by atoms with E-state index in [9.17, 15) is 4.39 Å². The zero-order chi connectivity index (χ0) is 14.3. The first-order chi connectivity index (χ1) is 9.54. The van der Waals surface area contributed by atoms with Crippen molar-refractivity contribution in [1.82, 2.24) is 9.97 Å². The third kappa shape index (κ3) is 2.25. The Labute approximate surface area is 120 Å². The van der Waals surface area contributed by atoms with Crippen molar-refractivity contribution in [3.63, 3.8) is 0 Å². The summed E-state index contributed by atoms with van der Waals surface area (Å²) in [6.07, 6.45) is 0. The molecule has 0 atom stereocenters. The van der Waals surface area contributed by atoms with Crippen LogP contribution in [0.3, 0.4) is 0 Å². The minimum atomic E-state index is -0.370. The number of fused-ring (bicyclic) bond motifs is 1. The summed E-state index contributed by atoms with van der Waals surface area (Å²) in [7, 11) is 0. The van der Waals surface area contributed by atoms with E-state index in [2.05, 4.69) is 9.97 Å². The molecule has 2 aromatic heterocycles. The maximum atomic E-state index is 13.7. The van der Waals surface area contributed by atoms with Crippen LogP contribution in [-0.4, -0.2) is 9.97 Å². The van der Waals surface area contributed by atoms with E-state index in [0.29, 0.717) is 16.1 Å². The fraction of sp³-hybridized carbons (Fsp3) is 0.200. The molecule has 0 amide bonds. The molecule has 0 aliphatic heterocycles. The van der Waals surface area contributed by atoms with E-state index in [4.69, 9.17) is 16.6 Å². The van der Waals surface area contributed by atoms with Crippen LogP contribution < -0.4 is 0 Å². The molecule has 0 saturated carbocycles. The van der Waals surface area contributed by atoms with Crippen LogP contribution in [0.2, 0.25) is 0 Å². The highest BCUT2D eigenvalue weighted by Crippen LogP contribution is 2.28. The zero-order valence-electron chi connectivity index (χ0n) is 11.1. The predicted molar refractivity (Wildman–Crippen MR) is 78.7 cm³/mol. The van der Waals surface area contributed by atoms with Gasteiger partial charge in [-0.1, -0.05) is 38.2 Å². The van der Waals surface area contributed by atoms with Crippen molar-refractivity contribution >= 4 is 23.2 Å². The van der Waals surface area contributed by atoms with E-state index in [1.807, 2.05) is 19.9 Å². The highest BCUT2D eigenvalue weighted by molar-refractivity contribution is 7.71. The highest BCUT2D eigenvalue weighted by atomic mass is 32.1. The molecule has 0 spiro atoms. The Morgan fingerprint density at radius 2 is 2.10 bits per heavy atom. The van der Waals surface area contributed by atoms with Gasteiger partial charge in [-0.25, -0.2) is 9.37 Å². The lowest BCUT2D eigenvalue weighted by Gasteiger charge is -2.06. The van der Waals surface area contributed by atoms with Crippen molar-refractivity contribution in [3.8, 4) is 11.5 Å². The number of H-pyrrole nitrogens is 1. The fourth-order valence-electron chi connectivity index (χ4n) is 2.04. The molecule has 0 saturated heterocycles. The third-order valence-corrected chi connectivity index (χ3v) is 3.28. The second-order valence-electron chi connectivity index (χ2n) is 4.94. The average Bonchev–Trinajstić information content (AvgIpc) is 2.83. The van der Waals surface area contributed by atoms with Gasteiger partial charge in [-0.05, 0) is 12.1 Å². The molecule has 5 heteroatoms. The minimum Gasteiger partial charge on any atom is -0.451 e. The lowest BCUT2D eigenvalue weighted by atomic mass is 10.2. The molecule has 3 aromatic rings. The van der Waals surface area contributed by atoms with Gasteiger partial charge in [0.2, 0.25) is 0 Å². The molecule has 0 aliphatic rings. The summed E-state index contributed by atoms with van der Waals surface area (Å²) in [6, 6.07) is 8.36. The predicted octanol–water partition coefficient (Wildman–Crippen LogP) is 4.81. The maximum Gasteiger partial charge on any atom is 0.170 e. The van der Waals surface area contributed by atoms with Crippen LogP contribution in [0.1, 0.15) is 25.6 Å². The number of halogens is 1. The van der Waals surface area contributed by atoms with Gasteiger partial charge in [0.05, 0.1) is 5.69 Å². The molecule has 3 rings (SSSR count). The highest BCUT2D eigenvalue weighted by Gasteiger charge is 2.12. The second-order valence-corrected chi connectivity index (χ2v) is 5.36. The van der Waals surface area contributed by atoms with Crippen molar-refractivity contribution in [2.45, 2.75) is 19.8 Å². The molecule has 1 aromatic carbocycles. The Kier molecular flexibility index (Phi) is 3.14. The van der Waals surface area contributed by atoms with E-state index in [-0.39, 0.29) is 17.3 Å². The van der Waals surface area contributed by atoms with Crippen LogP contribution in [0, 0.1) is 10.5 Å². The van der Waals surface area contributed by atoms with Crippen molar-refractivity contribution in [2.24, 2.45) is 0 Å². The summed E-state index contributed by atoms with van der Waals surface area (Å²) in [5.41, 5.74) is 0.967.